The second-order valence-electron chi connectivity index (χ2n) is 3.51. The van der Waals surface area contributed by atoms with Gasteiger partial charge in [0.05, 0.1) is 12.8 Å². The fraction of sp³-hybridized carbons (Fsp3) is 0.167. The van der Waals surface area contributed by atoms with Crippen molar-refractivity contribution in [3.05, 3.63) is 29.6 Å². The molecule has 0 unspecified atom stereocenters. The number of nitrogens with one attached hydrogen (secondary N) is 1. The lowest BCUT2D eigenvalue weighted by Crippen LogP contribution is -2.11. The summed E-state index contributed by atoms with van der Waals surface area (Å²) in [5.74, 6) is -0.116. The molecular weight excluding hydrogens is 252 g/mol. The van der Waals surface area contributed by atoms with E-state index in [1.54, 1.807) is 7.11 Å². The summed E-state index contributed by atoms with van der Waals surface area (Å²) >= 11 is 1.38. The normalized spacial score (nSPS) is 10.1. The molecule has 0 aliphatic rings. The Labute approximate surface area is 108 Å². The number of benzene rings is 1. The minimum absolute atomic E-state index is 0.129. The van der Waals surface area contributed by atoms with Crippen LogP contribution in [0.1, 0.15) is 0 Å². The van der Waals surface area contributed by atoms with E-state index in [4.69, 9.17) is 9.84 Å². The highest BCUT2D eigenvalue weighted by Crippen LogP contribution is 2.26. The number of carboxylic acid groups (broad SMARTS) is 1. The maximum absolute atomic E-state index is 10.4. The van der Waals surface area contributed by atoms with Crippen molar-refractivity contribution >= 4 is 22.4 Å². The lowest BCUT2D eigenvalue weighted by molar-refractivity contribution is -0.134. The van der Waals surface area contributed by atoms with Crippen LogP contribution < -0.4 is 10.1 Å². The fourth-order valence-electron chi connectivity index (χ4n) is 1.40. The Kier molecular flexibility index (Phi) is 3.78. The van der Waals surface area contributed by atoms with Crippen molar-refractivity contribution in [2.24, 2.45) is 0 Å². The number of carboxylic acids is 1. The van der Waals surface area contributed by atoms with Crippen molar-refractivity contribution < 1.29 is 14.6 Å². The molecule has 2 aromatic rings. The first-order chi connectivity index (χ1) is 8.69. The van der Waals surface area contributed by atoms with Crippen LogP contribution >= 0.6 is 11.3 Å². The zero-order valence-electron chi connectivity index (χ0n) is 9.71. The predicted octanol–water partition coefficient (Wildman–Crippen LogP) is 2.32. The Bertz CT molecular complexity index is 537. The molecule has 6 heteroatoms. The lowest BCUT2D eigenvalue weighted by Gasteiger charge is -2.00. The van der Waals surface area contributed by atoms with Gasteiger partial charge >= 0.3 is 5.97 Å². The van der Waals surface area contributed by atoms with Crippen LogP contribution in [0, 0.1) is 0 Å². The molecule has 5 nitrogen and oxygen atoms in total. The highest BCUT2D eigenvalue weighted by molar-refractivity contribution is 7.14. The number of rotatable bonds is 5. The number of methoxy groups -OCH3 is 1. The van der Waals surface area contributed by atoms with E-state index in [0.717, 1.165) is 17.0 Å². The zero-order valence-corrected chi connectivity index (χ0v) is 10.5. The molecule has 94 valence electrons. The van der Waals surface area contributed by atoms with E-state index in [-0.39, 0.29) is 6.54 Å². The first-order valence-electron chi connectivity index (χ1n) is 5.24. The van der Waals surface area contributed by atoms with Gasteiger partial charge in [-0.2, -0.15) is 0 Å². The summed E-state index contributed by atoms with van der Waals surface area (Å²) in [5, 5.41) is 13.8. The van der Waals surface area contributed by atoms with Gasteiger partial charge < -0.3 is 15.2 Å². The Morgan fingerprint density at radius 2 is 2.17 bits per heavy atom. The van der Waals surface area contributed by atoms with Gasteiger partial charge in [-0.1, -0.05) is 0 Å². The van der Waals surface area contributed by atoms with Crippen LogP contribution in [0.15, 0.2) is 29.6 Å². The SMILES string of the molecule is COc1ccc(-c2csc(NCC(=O)O)n2)cc1. The van der Waals surface area contributed by atoms with Crippen molar-refractivity contribution in [2.75, 3.05) is 19.0 Å². The molecule has 18 heavy (non-hydrogen) atoms. The largest absolute Gasteiger partial charge is 0.497 e. The average Bonchev–Trinajstić information content (AvgIpc) is 2.85. The molecule has 0 saturated heterocycles. The van der Waals surface area contributed by atoms with E-state index in [9.17, 15) is 4.79 Å². The van der Waals surface area contributed by atoms with Crippen LogP contribution in [0.25, 0.3) is 11.3 Å². The Balaban J connectivity index is 2.10. The molecule has 1 aromatic heterocycles. The summed E-state index contributed by atoms with van der Waals surface area (Å²) in [6, 6.07) is 7.54. The predicted molar refractivity (Wildman–Crippen MR) is 70.2 cm³/mol. The van der Waals surface area contributed by atoms with Crippen LogP contribution in [-0.4, -0.2) is 29.7 Å². The third-order valence-electron chi connectivity index (χ3n) is 2.28. The Morgan fingerprint density at radius 1 is 1.44 bits per heavy atom. The number of hydrogen-bond donors (Lipinski definition) is 2. The maximum Gasteiger partial charge on any atom is 0.322 e. The average molecular weight is 264 g/mol. The van der Waals surface area contributed by atoms with Crippen LogP contribution in [0.5, 0.6) is 5.75 Å². The second-order valence-corrected chi connectivity index (χ2v) is 4.37. The van der Waals surface area contributed by atoms with Gasteiger partial charge in [0.2, 0.25) is 0 Å². The number of nitrogens with zero attached hydrogens (tertiary/aromatic N) is 1. The van der Waals surface area contributed by atoms with Crippen molar-refractivity contribution in [2.45, 2.75) is 0 Å². The highest BCUT2D eigenvalue weighted by atomic mass is 32.1. The number of thiazole rings is 1. The highest BCUT2D eigenvalue weighted by Gasteiger charge is 2.05. The van der Waals surface area contributed by atoms with Crippen LogP contribution in [0.3, 0.4) is 0 Å². The monoisotopic (exact) mass is 264 g/mol. The van der Waals surface area contributed by atoms with Gasteiger partial charge in [0.25, 0.3) is 0 Å². The molecule has 0 fully saturated rings. The van der Waals surface area contributed by atoms with E-state index >= 15 is 0 Å². The molecule has 0 amide bonds. The van der Waals surface area contributed by atoms with Gasteiger partial charge in [-0.25, -0.2) is 4.98 Å². The number of aliphatic carboxylic acids is 1. The molecule has 0 aliphatic heterocycles. The molecule has 0 aliphatic carbocycles. The standard InChI is InChI=1S/C12H12N2O3S/c1-17-9-4-2-8(3-5-9)10-7-18-12(14-10)13-6-11(15)16/h2-5,7H,6H2,1H3,(H,13,14)(H,15,16). The van der Waals surface area contributed by atoms with E-state index in [1.165, 1.54) is 11.3 Å². The summed E-state index contributed by atoms with van der Waals surface area (Å²) in [6.07, 6.45) is 0. The first kappa shape index (κ1) is 12.4. The van der Waals surface area contributed by atoms with Crippen molar-refractivity contribution in [1.82, 2.24) is 4.98 Å². The number of anilines is 1. The molecule has 2 rings (SSSR count). The third-order valence-corrected chi connectivity index (χ3v) is 3.08. The third kappa shape index (κ3) is 2.98. The first-order valence-corrected chi connectivity index (χ1v) is 6.12. The zero-order chi connectivity index (χ0) is 13.0. The van der Waals surface area contributed by atoms with Gasteiger partial charge in [0.15, 0.2) is 5.13 Å². The molecule has 0 radical (unpaired) electrons. The number of carbonyl (C=O) groups is 1. The van der Waals surface area contributed by atoms with Crippen LogP contribution in [-0.2, 0) is 4.79 Å². The molecule has 0 atom stereocenters. The minimum Gasteiger partial charge on any atom is -0.497 e. The fourth-order valence-corrected chi connectivity index (χ4v) is 2.12. The van der Waals surface area contributed by atoms with Gasteiger partial charge in [0.1, 0.15) is 12.3 Å². The van der Waals surface area contributed by atoms with Crippen LogP contribution in [0.4, 0.5) is 5.13 Å². The number of hydrogen-bond acceptors (Lipinski definition) is 5. The molecule has 1 heterocycles. The van der Waals surface area contributed by atoms with Crippen LogP contribution in [0.2, 0.25) is 0 Å². The molecule has 2 N–H and O–H groups in total. The molecular formula is C12H12N2O3S. The maximum atomic E-state index is 10.4. The van der Waals surface area contributed by atoms with Crippen molar-refractivity contribution in [3.63, 3.8) is 0 Å². The van der Waals surface area contributed by atoms with E-state index in [0.29, 0.717) is 5.13 Å². The Morgan fingerprint density at radius 3 is 2.78 bits per heavy atom. The number of ether oxygens (including phenoxy) is 1. The summed E-state index contributed by atoms with van der Waals surface area (Å²) in [4.78, 5) is 14.7. The topological polar surface area (TPSA) is 71.5 Å². The van der Waals surface area contributed by atoms with E-state index < -0.39 is 5.97 Å². The summed E-state index contributed by atoms with van der Waals surface area (Å²) in [5.41, 5.74) is 1.78. The lowest BCUT2D eigenvalue weighted by atomic mass is 10.2. The van der Waals surface area contributed by atoms with Gasteiger partial charge in [-0.3, -0.25) is 4.79 Å². The Hall–Kier alpha value is -2.08. The molecule has 1 aromatic carbocycles. The smallest absolute Gasteiger partial charge is 0.322 e. The summed E-state index contributed by atoms with van der Waals surface area (Å²) < 4.78 is 5.08. The molecule has 0 saturated carbocycles. The van der Waals surface area contributed by atoms with Gasteiger partial charge in [0, 0.05) is 10.9 Å². The second kappa shape index (κ2) is 5.50. The minimum atomic E-state index is -0.906. The van der Waals surface area contributed by atoms with Gasteiger partial charge in [-0.05, 0) is 24.3 Å². The van der Waals surface area contributed by atoms with Gasteiger partial charge in [-0.15, -0.1) is 11.3 Å². The van der Waals surface area contributed by atoms with Crippen molar-refractivity contribution in [1.29, 1.82) is 0 Å². The van der Waals surface area contributed by atoms with E-state index in [2.05, 4.69) is 10.3 Å². The summed E-state index contributed by atoms with van der Waals surface area (Å²) in [6.45, 7) is -0.129. The summed E-state index contributed by atoms with van der Waals surface area (Å²) in [7, 11) is 1.62. The molecule has 0 bridgehead atoms. The van der Waals surface area contributed by atoms with E-state index in [1.807, 2.05) is 29.6 Å². The number of aromatic nitrogens is 1. The quantitative estimate of drug-likeness (QED) is 0.867. The molecule has 0 spiro atoms. The van der Waals surface area contributed by atoms with Crippen molar-refractivity contribution in [3.8, 4) is 17.0 Å².